The Morgan fingerprint density at radius 2 is 1.86 bits per heavy atom. The third-order valence-corrected chi connectivity index (χ3v) is 7.09. The maximum absolute atomic E-state index is 12.5. The number of nitrogens with one attached hydrogen (secondary N) is 1. The predicted molar refractivity (Wildman–Crippen MR) is 138 cm³/mol. The van der Waals surface area contributed by atoms with Gasteiger partial charge in [-0.15, -0.1) is 0 Å². The Morgan fingerprint density at radius 3 is 2.54 bits per heavy atom. The van der Waals surface area contributed by atoms with Crippen LogP contribution in [0.2, 0.25) is 5.02 Å². The maximum Gasteiger partial charge on any atom is 0.283 e. The van der Waals surface area contributed by atoms with Crippen molar-refractivity contribution in [3.63, 3.8) is 0 Å². The van der Waals surface area contributed by atoms with Crippen molar-refractivity contribution in [2.45, 2.75) is 13.3 Å². The van der Waals surface area contributed by atoms with Crippen LogP contribution in [0.3, 0.4) is 0 Å². The Kier molecular flexibility index (Phi) is 7.29. The van der Waals surface area contributed by atoms with Gasteiger partial charge in [-0.1, -0.05) is 42.8 Å². The molecule has 2 aromatic carbocycles. The number of benzene rings is 2. The zero-order chi connectivity index (χ0) is 25.2. The van der Waals surface area contributed by atoms with E-state index in [9.17, 15) is 13.2 Å². The highest BCUT2D eigenvalue weighted by Gasteiger charge is 2.41. The van der Waals surface area contributed by atoms with E-state index >= 15 is 0 Å². The summed E-state index contributed by atoms with van der Waals surface area (Å²) >= 11 is 7.10. The van der Waals surface area contributed by atoms with Gasteiger partial charge in [0.15, 0.2) is 0 Å². The number of carbonyl (C=O) groups excluding carboxylic acids is 1. The molecule has 9 nitrogen and oxygen atoms in total. The molecule has 12 heteroatoms. The van der Waals surface area contributed by atoms with Gasteiger partial charge in [-0.3, -0.25) is 10.2 Å². The molecule has 2 heterocycles. The first-order valence-electron chi connectivity index (χ1n) is 10.5. The average molecular weight is 533 g/mol. The summed E-state index contributed by atoms with van der Waals surface area (Å²) in [5, 5.41) is 8.40. The molecule has 2 aromatic rings. The van der Waals surface area contributed by atoms with E-state index in [-0.39, 0.29) is 28.4 Å². The van der Waals surface area contributed by atoms with Gasteiger partial charge in [-0.2, -0.15) is 9.39 Å². The van der Waals surface area contributed by atoms with E-state index in [1.165, 1.54) is 6.08 Å². The minimum absolute atomic E-state index is 0.0307. The molecule has 0 saturated heterocycles. The number of nitrogens with zero attached hydrogens (tertiary/aromatic N) is 3. The first kappa shape index (κ1) is 25.0. The molecular formula is C23H21ClN4O5S2. The van der Waals surface area contributed by atoms with Crippen LogP contribution in [0, 0.1) is 5.41 Å². The summed E-state index contributed by atoms with van der Waals surface area (Å²) in [5.41, 5.74) is 1.55. The first-order chi connectivity index (χ1) is 16.7. The summed E-state index contributed by atoms with van der Waals surface area (Å²) < 4.78 is 39.4. The van der Waals surface area contributed by atoms with Crippen LogP contribution in [-0.2, 0) is 21.1 Å². The van der Waals surface area contributed by atoms with Crippen molar-refractivity contribution in [3.8, 4) is 11.5 Å². The number of ether oxygens (including phenoxy) is 2. The minimum atomic E-state index is -3.72. The lowest BCUT2D eigenvalue weighted by Gasteiger charge is -2.23. The molecule has 0 fully saturated rings. The normalized spacial score (nSPS) is 16.8. The van der Waals surface area contributed by atoms with E-state index in [1.54, 1.807) is 18.2 Å². The van der Waals surface area contributed by atoms with E-state index in [0.717, 1.165) is 40.8 Å². The number of fused-ring (bicyclic) bond motifs is 1. The van der Waals surface area contributed by atoms with Crippen LogP contribution in [0.1, 0.15) is 18.1 Å². The lowest BCUT2D eigenvalue weighted by molar-refractivity contribution is -0.114. The smallest absolute Gasteiger partial charge is 0.283 e. The number of hydrogen-bond acceptors (Lipinski definition) is 8. The van der Waals surface area contributed by atoms with Crippen LogP contribution in [0.25, 0.3) is 6.08 Å². The third kappa shape index (κ3) is 5.42. The van der Waals surface area contributed by atoms with Crippen molar-refractivity contribution in [1.82, 2.24) is 4.90 Å². The minimum Gasteiger partial charge on any atom is -0.490 e. The number of amides is 1. The van der Waals surface area contributed by atoms with E-state index in [4.69, 9.17) is 26.5 Å². The van der Waals surface area contributed by atoms with Gasteiger partial charge in [0.2, 0.25) is 20.2 Å². The lowest BCUT2D eigenvalue weighted by atomic mass is 10.1. The monoisotopic (exact) mass is 532 g/mol. The number of para-hydroxylation sites is 1. The number of aryl methyl sites for hydroxylation is 1. The molecule has 35 heavy (non-hydrogen) atoms. The van der Waals surface area contributed by atoms with E-state index in [0.29, 0.717) is 22.9 Å². The van der Waals surface area contributed by atoms with Crippen LogP contribution < -0.4 is 9.47 Å². The number of carbonyl (C=O) groups is 1. The number of amidine groups is 3. The highest BCUT2D eigenvalue weighted by Crippen LogP contribution is 2.31. The molecule has 1 N–H and O–H groups in total. The predicted octanol–water partition coefficient (Wildman–Crippen LogP) is 3.98. The molecule has 0 bridgehead atoms. The fourth-order valence-electron chi connectivity index (χ4n) is 3.37. The van der Waals surface area contributed by atoms with Gasteiger partial charge in [0.25, 0.3) is 5.91 Å². The van der Waals surface area contributed by atoms with Gasteiger partial charge in [0.05, 0.1) is 22.5 Å². The Hall–Kier alpha value is -3.15. The SMILES string of the molecule is CCc1ccccc1OCCOc1ccc(/C=C2/C(=N)N3C(=NC2=O)SN=C3S(C)(=O)=O)cc1Cl. The second-order valence-electron chi connectivity index (χ2n) is 7.53. The zero-order valence-electron chi connectivity index (χ0n) is 18.8. The van der Waals surface area contributed by atoms with Crippen LogP contribution >= 0.6 is 23.5 Å². The number of aliphatic imine (C=N–C) groups is 1. The number of hydrogen-bond donors (Lipinski definition) is 1. The lowest BCUT2D eigenvalue weighted by Crippen LogP contribution is -2.45. The molecule has 4 rings (SSSR count). The molecule has 2 aliphatic heterocycles. The third-order valence-electron chi connectivity index (χ3n) is 5.04. The molecule has 0 aromatic heterocycles. The summed E-state index contributed by atoms with van der Waals surface area (Å²) in [6.07, 6.45) is 3.27. The average Bonchev–Trinajstić information content (AvgIpc) is 3.25. The molecule has 1 amide bonds. The van der Waals surface area contributed by atoms with Crippen LogP contribution in [0.5, 0.6) is 11.5 Å². The standard InChI is InChI=1S/C23H21ClN4O5S2/c1-3-15-6-4-5-7-18(15)32-10-11-33-19-9-8-14(13-17(19)24)12-16-20(25)28-22(26-21(16)29)34-27-23(28)35(2,30)31/h4-9,12-13,25H,3,10-11H2,1-2H3/b16-12-,25-20?. The van der Waals surface area contributed by atoms with Crippen LogP contribution in [0.15, 0.2) is 57.4 Å². The fraction of sp³-hybridized carbons (Fsp3) is 0.217. The maximum atomic E-state index is 12.5. The Bertz CT molecular complexity index is 1400. The van der Waals surface area contributed by atoms with Crippen molar-refractivity contribution < 1.29 is 22.7 Å². The molecule has 2 aliphatic rings. The van der Waals surface area contributed by atoms with Crippen molar-refractivity contribution >= 4 is 61.5 Å². The molecule has 0 atom stereocenters. The summed E-state index contributed by atoms with van der Waals surface area (Å²) in [6, 6.07) is 12.7. The molecule has 0 aliphatic carbocycles. The Balaban J connectivity index is 1.45. The highest BCUT2D eigenvalue weighted by atomic mass is 35.5. The second-order valence-corrected chi connectivity index (χ2v) is 10.6. The van der Waals surface area contributed by atoms with E-state index < -0.39 is 15.7 Å². The van der Waals surface area contributed by atoms with Gasteiger partial charge in [0, 0.05) is 6.26 Å². The van der Waals surface area contributed by atoms with Crippen molar-refractivity contribution in [2.24, 2.45) is 9.39 Å². The number of rotatable bonds is 7. The van der Waals surface area contributed by atoms with Crippen LogP contribution in [0.4, 0.5) is 0 Å². The van der Waals surface area contributed by atoms with E-state index in [2.05, 4.69) is 16.3 Å². The molecular weight excluding hydrogens is 512 g/mol. The number of halogens is 1. The molecule has 0 unspecified atom stereocenters. The second kappa shape index (κ2) is 10.2. The molecule has 0 spiro atoms. The molecule has 0 radical (unpaired) electrons. The van der Waals surface area contributed by atoms with Crippen molar-refractivity contribution in [2.75, 3.05) is 19.5 Å². The summed E-state index contributed by atoms with van der Waals surface area (Å²) in [5.74, 6) is 0.265. The molecule has 182 valence electrons. The largest absolute Gasteiger partial charge is 0.490 e. The van der Waals surface area contributed by atoms with Crippen molar-refractivity contribution in [3.05, 3.63) is 64.2 Å². The number of sulfone groups is 1. The summed E-state index contributed by atoms with van der Waals surface area (Å²) in [6.45, 7) is 2.67. The van der Waals surface area contributed by atoms with Gasteiger partial charge < -0.3 is 9.47 Å². The van der Waals surface area contributed by atoms with Gasteiger partial charge >= 0.3 is 0 Å². The Morgan fingerprint density at radius 1 is 1.14 bits per heavy atom. The zero-order valence-corrected chi connectivity index (χ0v) is 21.2. The summed E-state index contributed by atoms with van der Waals surface area (Å²) in [7, 11) is -3.72. The fourth-order valence-corrected chi connectivity index (χ4v) is 5.46. The van der Waals surface area contributed by atoms with Gasteiger partial charge in [0.1, 0.15) is 30.5 Å². The first-order valence-corrected chi connectivity index (χ1v) is 13.5. The Labute approximate surface area is 212 Å². The van der Waals surface area contributed by atoms with Crippen LogP contribution in [-0.4, -0.2) is 54.9 Å². The topological polar surface area (TPSA) is 121 Å². The van der Waals surface area contributed by atoms with Crippen molar-refractivity contribution in [1.29, 1.82) is 5.41 Å². The van der Waals surface area contributed by atoms with E-state index in [1.807, 2.05) is 24.3 Å². The molecule has 0 saturated carbocycles. The van der Waals surface area contributed by atoms with Gasteiger partial charge in [-0.25, -0.2) is 13.3 Å². The summed E-state index contributed by atoms with van der Waals surface area (Å²) in [4.78, 5) is 17.4. The highest BCUT2D eigenvalue weighted by molar-refractivity contribution is 8.16. The quantitative estimate of drug-likeness (QED) is 0.325. The van der Waals surface area contributed by atoms with Gasteiger partial charge in [-0.05, 0) is 41.8 Å².